The Bertz CT molecular complexity index is 1740. The number of nitrogens with zero attached hydrogens (tertiary/aromatic N) is 1. The van der Waals surface area contributed by atoms with E-state index in [1.54, 1.807) is 0 Å². The van der Waals surface area contributed by atoms with E-state index < -0.39 is 24.3 Å². The highest BCUT2D eigenvalue weighted by molar-refractivity contribution is 5.70. The van der Waals surface area contributed by atoms with Gasteiger partial charge in [-0.05, 0) is 70.6 Å². The third-order valence-corrected chi connectivity index (χ3v) is 16.7. The van der Waals surface area contributed by atoms with Crippen LogP contribution < -0.4 is 5.11 Å². The Morgan fingerprint density at radius 3 is 0.955 bits per heavy atom. The molecule has 516 valence electrons. The first kappa shape index (κ1) is 85.5. The molecular weight excluding hydrogens is 1100 g/mol. The minimum atomic E-state index is -1.63. The van der Waals surface area contributed by atoms with Crippen LogP contribution in [0.4, 0.5) is 0 Å². The molecule has 0 rings (SSSR count). The van der Waals surface area contributed by atoms with Crippen LogP contribution >= 0.6 is 0 Å². The average Bonchev–Trinajstić information content (AvgIpc) is 3.71. The van der Waals surface area contributed by atoms with E-state index in [2.05, 4.69) is 98.9 Å². The largest absolute Gasteiger partial charge is 0.545 e. The van der Waals surface area contributed by atoms with Gasteiger partial charge in [-0.15, -0.1) is 0 Å². The van der Waals surface area contributed by atoms with Gasteiger partial charge in [0.05, 0.1) is 40.3 Å². The maximum atomic E-state index is 12.9. The Kier molecular flexibility index (Phi) is 67.6. The van der Waals surface area contributed by atoms with Gasteiger partial charge in [0.15, 0.2) is 12.4 Å². The van der Waals surface area contributed by atoms with E-state index in [-0.39, 0.29) is 32.2 Å². The number of unbranched alkanes of at least 4 members (excludes halogenated alkanes) is 41. The maximum absolute atomic E-state index is 12.9. The van der Waals surface area contributed by atoms with E-state index in [1.165, 1.54) is 225 Å². The average molecular weight is 1250 g/mol. The molecule has 0 radical (unpaired) electrons. The lowest BCUT2D eigenvalue weighted by molar-refractivity contribution is -0.870. The van der Waals surface area contributed by atoms with Crippen molar-refractivity contribution in [3.8, 4) is 0 Å². The van der Waals surface area contributed by atoms with Crippen LogP contribution in [-0.2, 0) is 33.3 Å². The molecule has 0 aromatic heterocycles. The minimum Gasteiger partial charge on any atom is -0.545 e. The Balaban J connectivity index is 4.06. The molecule has 9 nitrogen and oxygen atoms in total. The van der Waals surface area contributed by atoms with Crippen molar-refractivity contribution in [1.29, 1.82) is 0 Å². The number of ether oxygens (including phenoxy) is 4. The third kappa shape index (κ3) is 71.8. The second-order valence-electron chi connectivity index (χ2n) is 26.6. The predicted octanol–water partition coefficient (Wildman–Crippen LogP) is 22.5. The van der Waals surface area contributed by atoms with Gasteiger partial charge in [-0.2, -0.15) is 0 Å². The summed E-state index contributed by atoms with van der Waals surface area (Å²) in [5, 5.41) is 11.8. The number of carboxylic acid groups (broad SMARTS) is 1. The fourth-order valence-corrected chi connectivity index (χ4v) is 10.9. The van der Waals surface area contributed by atoms with Gasteiger partial charge in [0.2, 0.25) is 0 Å². The number of hydrogen-bond donors (Lipinski definition) is 0. The topological polar surface area (TPSA) is 111 Å². The summed E-state index contributed by atoms with van der Waals surface area (Å²) in [5.41, 5.74) is 0. The van der Waals surface area contributed by atoms with Crippen molar-refractivity contribution in [2.45, 2.75) is 360 Å². The van der Waals surface area contributed by atoms with Crippen LogP contribution in [0.2, 0.25) is 0 Å². The molecule has 0 saturated carbocycles. The number of esters is 2. The van der Waals surface area contributed by atoms with E-state index in [9.17, 15) is 19.5 Å². The number of carboxylic acids is 1. The highest BCUT2D eigenvalue weighted by atomic mass is 16.7. The summed E-state index contributed by atoms with van der Waals surface area (Å²) >= 11 is 0. The molecule has 89 heavy (non-hydrogen) atoms. The summed E-state index contributed by atoms with van der Waals surface area (Å²) in [5.74, 6) is -2.29. The van der Waals surface area contributed by atoms with Crippen LogP contribution in [0.3, 0.4) is 0 Å². The molecular formula is C80H143NO8. The monoisotopic (exact) mass is 1250 g/mol. The molecule has 0 spiro atoms. The van der Waals surface area contributed by atoms with Gasteiger partial charge in [-0.3, -0.25) is 9.59 Å². The minimum absolute atomic E-state index is 0.143. The van der Waals surface area contributed by atoms with Crippen LogP contribution in [0.5, 0.6) is 0 Å². The summed E-state index contributed by atoms with van der Waals surface area (Å²) in [4.78, 5) is 37.5. The lowest BCUT2D eigenvalue weighted by atomic mass is 10.0. The summed E-state index contributed by atoms with van der Waals surface area (Å²) in [6, 6.07) is 0. The van der Waals surface area contributed by atoms with Gasteiger partial charge in [-0.1, -0.05) is 349 Å². The summed E-state index contributed by atoms with van der Waals surface area (Å²) in [7, 11) is 5.93. The fraction of sp³-hybridized carbons (Fsp3) is 0.787. The predicted molar refractivity (Wildman–Crippen MR) is 380 cm³/mol. The SMILES string of the molecule is CC/C=C\C/C=C\C/C=C\C/C=C\C/C=C\C/C=C\C/C=C\CCCCCCCCCC(=O)OC(COC(=O)CCCCCCCCCCCCCCCCCCCCCCCCCCCCCCCCCCCCC)COC(OCC[N+](C)(C)C)C(=O)[O-]. The number of aliphatic carboxylic acids is 1. The Morgan fingerprint density at radius 2 is 0.640 bits per heavy atom. The second kappa shape index (κ2) is 70.3. The molecule has 0 aromatic rings. The maximum Gasteiger partial charge on any atom is 0.306 e. The number of hydrogen-bond acceptors (Lipinski definition) is 8. The van der Waals surface area contributed by atoms with Crippen LogP contribution in [-0.4, -0.2) is 82.3 Å². The Morgan fingerprint density at radius 1 is 0.348 bits per heavy atom. The van der Waals surface area contributed by atoms with Crippen molar-refractivity contribution in [2.24, 2.45) is 0 Å². The zero-order valence-electron chi connectivity index (χ0n) is 59.0. The first-order valence-corrected chi connectivity index (χ1v) is 37.7. The molecule has 0 fully saturated rings. The smallest absolute Gasteiger partial charge is 0.306 e. The lowest BCUT2D eigenvalue weighted by Gasteiger charge is -2.26. The van der Waals surface area contributed by atoms with Crippen LogP contribution in [0.15, 0.2) is 85.1 Å². The number of likely N-dealkylation sites (N-methyl/N-ethyl adjacent to an activating group) is 1. The number of carbonyl (C=O) groups is 3. The fourth-order valence-electron chi connectivity index (χ4n) is 10.9. The van der Waals surface area contributed by atoms with Gasteiger partial charge in [0.1, 0.15) is 13.2 Å². The van der Waals surface area contributed by atoms with Crippen LogP contribution in [0.1, 0.15) is 348 Å². The van der Waals surface area contributed by atoms with Gasteiger partial charge >= 0.3 is 11.9 Å². The molecule has 2 atom stereocenters. The van der Waals surface area contributed by atoms with E-state index in [0.29, 0.717) is 23.9 Å². The van der Waals surface area contributed by atoms with Crippen molar-refractivity contribution >= 4 is 17.9 Å². The zero-order chi connectivity index (χ0) is 64.7. The first-order valence-electron chi connectivity index (χ1n) is 37.7. The van der Waals surface area contributed by atoms with Gasteiger partial charge in [-0.25, -0.2) is 0 Å². The lowest BCUT2D eigenvalue weighted by Crippen LogP contribution is -2.44. The molecule has 0 aliphatic rings. The quantitative estimate of drug-likeness (QED) is 0.0195. The van der Waals surface area contributed by atoms with E-state index in [1.807, 2.05) is 21.1 Å². The molecule has 0 N–H and O–H groups in total. The number of allylic oxidation sites excluding steroid dienone is 14. The standard InChI is InChI=1S/C80H143NO8/c1-6-8-10-12-14-16-18-20-22-24-26-28-30-32-34-36-37-38-39-40-41-43-44-46-48-50-52-54-56-58-60-62-64-66-68-70-77(82)87-74-76(75-88-80(79(84)85)86-73-72-81(3,4)5)89-78(83)71-69-67-65-63-61-59-57-55-53-51-49-47-45-42-35-33-31-29-27-25-23-21-19-17-15-13-11-9-7-2/h9,11,15,17,21,23,27,29,33,35,45,47,51,53,76,80H,6-8,10,12-14,16,18-20,22,24-26,28,30-32,34,36-44,46,48-50,52,54-75H2,1-5H3/b11-9-,17-15-,23-21-,29-27-,35-33-,47-45-,53-51-. The molecule has 0 bridgehead atoms. The van der Waals surface area contributed by atoms with Crippen molar-refractivity contribution in [2.75, 3.05) is 47.5 Å². The Hall–Kier alpha value is -3.53. The van der Waals surface area contributed by atoms with Crippen LogP contribution in [0.25, 0.3) is 0 Å². The second-order valence-corrected chi connectivity index (χ2v) is 26.6. The first-order chi connectivity index (χ1) is 43.6. The van der Waals surface area contributed by atoms with Crippen LogP contribution in [0, 0.1) is 0 Å². The van der Waals surface area contributed by atoms with Gasteiger partial charge in [0.25, 0.3) is 0 Å². The highest BCUT2D eigenvalue weighted by Crippen LogP contribution is 2.19. The number of quaternary nitrogens is 1. The third-order valence-electron chi connectivity index (χ3n) is 16.7. The normalized spacial score (nSPS) is 13.1. The van der Waals surface area contributed by atoms with Gasteiger partial charge in [0, 0.05) is 12.8 Å². The molecule has 0 heterocycles. The van der Waals surface area contributed by atoms with Crippen molar-refractivity contribution in [3.05, 3.63) is 85.1 Å². The number of rotatable bonds is 70. The van der Waals surface area contributed by atoms with Crippen molar-refractivity contribution in [3.63, 3.8) is 0 Å². The zero-order valence-corrected chi connectivity index (χ0v) is 59.0. The summed E-state index contributed by atoms with van der Waals surface area (Å²) < 4.78 is 22.8. The molecule has 2 unspecified atom stereocenters. The summed E-state index contributed by atoms with van der Waals surface area (Å²) in [6.07, 6.45) is 92.7. The van der Waals surface area contributed by atoms with E-state index in [0.717, 1.165) is 89.9 Å². The summed E-state index contributed by atoms with van der Waals surface area (Å²) in [6.45, 7) is 4.67. The number of carbonyl (C=O) groups excluding carboxylic acids is 3. The van der Waals surface area contributed by atoms with Crippen molar-refractivity contribution < 1.29 is 42.9 Å². The molecule has 9 heteroatoms. The highest BCUT2D eigenvalue weighted by Gasteiger charge is 2.22. The molecule has 0 aliphatic carbocycles. The van der Waals surface area contributed by atoms with Crippen molar-refractivity contribution in [1.82, 2.24) is 0 Å². The van der Waals surface area contributed by atoms with E-state index >= 15 is 0 Å². The van der Waals surface area contributed by atoms with E-state index in [4.69, 9.17) is 18.9 Å². The molecule has 0 amide bonds. The Labute approximate surface area is 550 Å². The molecule has 0 aromatic carbocycles. The molecule has 0 aliphatic heterocycles. The van der Waals surface area contributed by atoms with Gasteiger partial charge < -0.3 is 33.3 Å². The molecule has 0 saturated heterocycles.